The smallest absolute Gasteiger partial charge is 0.0233 e. The molecule has 2 nitrogen and oxygen atoms in total. The molecule has 0 amide bonds. The first kappa shape index (κ1) is 16.5. The summed E-state index contributed by atoms with van der Waals surface area (Å²) in [5.41, 5.74) is 3.08. The van der Waals surface area contributed by atoms with Gasteiger partial charge in [-0.2, -0.15) is 0 Å². The van der Waals surface area contributed by atoms with Crippen LogP contribution in [0.4, 0.5) is 0 Å². The second-order valence-corrected chi connectivity index (χ2v) is 7.90. The van der Waals surface area contributed by atoms with Crippen LogP contribution in [-0.2, 0) is 6.54 Å². The second-order valence-electron chi connectivity index (χ2n) is 7.90. The zero-order chi connectivity index (χ0) is 15.5. The highest BCUT2D eigenvalue weighted by atomic mass is 15.1. The van der Waals surface area contributed by atoms with Gasteiger partial charge in [-0.15, -0.1) is 0 Å². The Morgan fingerprint density at radius 1 is 1.24 bits per heavy atom. The molecule has 0 aliphatic carbocycles. The summed E-state index contributed by atoms with van der Waals surface area (Å²) in [4.78, 5) is 2.57. The van der Waals surface area contributed by atoms with Gasteiger partial charge in [0, 0.05) is 25.2 Å². The van der Waals surface area contributed by atoms with Gasteiger partial charge >= 0.3 is 0 Å². The topological polar surface area (TPSA) is 15.3 Å². The largest absolute Gasteiger partial charge is 0.311 e. The van der Waals surface area contributed by atoms with Crippen LogP contribution < -0.4 is 5.32 Å². The first-order valence-corrected chi connectivity index (χ1v) is 8.40. The Morgan fingerprint density at radius 3 is 2.43 bits per heavy atom. The standard InChI is InChI=1S/C19H32N2/c1-15-10-11-21(13-15)14-17-6-8-18(9-7-17)16(2)12-20-19(3,4)5/h6-9,15-16,20H,10-14H2,1-5H3. The molecule has 2 unspecified atom stereocenters. The van der Waals surface area contributed by atoms with E-state index >= 15 is 0 Å². The molecule has 1 aromatic carbocycles. The molecular weight excluding hydrogens is 256 g/mol. The van der Waals surface area contributed by atoms with Gasteiger partial charge in [0.2, 0.25) is 0 Å². The number of nitrogens with zero attached hydrogens (tertiary/aromatic N) is 1. The van der Waals surface area contributed by atoms with Gasteiger partial charge in [0.15, 0.2) is 0 Å². The number of benzene rings is 1. The normalized spacial score (nSPS) is 21.7. The lowest BCUT2D eigenvalue weighted by molar-refractivity contribution is 0.320. The van der Waals surface area contributed by atoms with Crippen molar-refractivity contribution in [2.45, 2.75) is 59.0 Å². The van der Waals surface area contributed by atoms with E-state index in [2.05, 4.69) is 69.1 Å². The third-order valence-corrected chi connectivity index (χ3v) is 4.40. The van der Waals surface area contributed by atoms with Gasteiger partial charge in [0.1, 0.15) is 0 Å². The zero-order valence-electron chi connectivity index (χ0n) is 14.4. The Kier molecular flexibility index (Phi) is 5.45. The van der Waals surface area contributed by atoms with E-state index in [4.69, 9.17) is 0 Å². The Bertz CT molecular complexity index is 430. The van der Waals surface area contributed by atoms with E-state index in [1.807, 2.05) is 0 Å². The van der Waals surface area contributed by atoms with Crippen molar-refractivity contribution in [1.82, 2.24) is 10.2 Å². The minimum Gasteiger partial charge on any atom is -0.311 e. The number of hydrogen-bond acceptors (Lipinski definition) is 2. The molecule has 2 atom stereocenters. The van der Waals surface area contributed by atoms with Crippen molar-refractivity contribution >= 4 is 0 Å². The predicted octanol–water partition coefficient (Wildman–Crippen LogP) is 4.02. The van der Waals surface area contributed by atoms with E-state index in [0.717, 1.165) is 19.0 Å². The Hall–Kier alpha value is -0.860. The minimum atomic E-state index is 0.195. The van der Waals surface area contributed by atoms with Crippen LogP contribution in [0.25, 0.3) is 0 Å². The Morgan fingerprint density at radius 2 is 1.90 bits per heavy atom. The summed E-state index contributed by atoms with van der Waals surface area (Å²) in [6.45, 7) is 16.0. The molecule has 0 spiro atoms. The fraction of sp³-hybridized carbons (Fsp3) is 0.684. The van der Waals surface area contributed by atoms with Crippen LogP contribution >= 0.6 is 0 Å². The summed E-state index contributed by atoms with van der Waals surface area (Å²) in [6, 6.07) is 9.24. The average Bonchev–Trinajstić information content (AvgIpc) is 2.81. The fourth-order valence-electron chi connectivity index (χ4n) is 2.96. The Balaban J connectivity index is 1.86. The first-order chi connectivity index (χ1) is 9.83. The van der Waals surface area contributed by atoms with Crippen LogP contribution in [-0.4, -0.2) is 30.1 Å². The van der Waals surface area contributed by atoms with Crippen molar-refractivity contribution in [3.05, 3.63) is 35.4 Å². The first-order valence-electron chi connectivity index (χ1n) is 8.40. The zero-order valence-corrected chi connectivity index (χ0v) is 14.4. The molecular formula is C19H32N2. The van der Waals surface area contributed by atoms with E-state index in [9.17, 15) is 0 Å². The van der Waals surface area contributed by atoms with Gasteiger partial charge in [-0.3, -0.25) is 4.90 Å². The lowest BCUT2D eigenvalue weighted by Gasteiger charge is -2.24. The lowest BCUT2D eigenvalue weighted by Crippen LogP contribution is -2.38. The highest BCUT2D eigenvalue weighted by Crippen LogP contribution is 2.20. The predicted molar refractivity (Wildman–Crippen MR) is 91.7 cm³/mol. The molecule has 0 saturated carbocycles. The quantitative estimate of drug-likeness (QED) is 0.880. The molecule has 1 saturated heterocycles. The molecule has 2 rings (SSSR count). The fourth-order valence-corrected chi connectivity index (χ4v) is 2.96. The summed E-state index contributed by atoms with van der Waals surface area (Å²) >= 11 is 0. The van der Waals surface area contributed by atoms with Crippen LogP contribution in [0.1, 0.15) is 58.1 Å². The number of rotatable bonds is 5. The van der Waals surface area contributed by atoms with Crippen LogP contribution in [0.15, 0.2) is 24.3 Å². The summed E-state index contributed by atoms with van der Waals surface area (Å²) in [6.07, 6.45) is 1.35. The molecule has 1 aliphatic rings. The Labute approximate surface area is 130 Å². The van der Waals surface area contributed by atoms with E-state index in [1.165, 1.54) is 30.6 Å². The third kappa shape index (κ3) is 5.44. The second kappa shape index (κ2) is 6.93. The molecule has 1 aromatic rings. The van der Waals surface area contributed by atoms with E-state index in [-0.39, 0.29) is 5.54 Å². The number of nitrogens with one attached hydrogen (secondary N) is 1. The van der Waals surface area contributed by atoms with Gasteiger partial charge < -0.3 is 5.32 Å². The molecule has 0 bridgehead atoms. The van der Waals surface area contributed by atoms with Gasteiger partial charge in [-0.25, -0.2) is 0 Å². The monoisotopic (exact) mass is 288 g/mol. The van der Waals surface area contributed by atoms with Gasteiger partial charge in [-0.1, -0.05) is 38.1 Å². The lowest BCUT2D eigenvalue weighted by atomic mass is 9.98. The molecule has 21 heavy (non-hydrogen) atoms. The number of hydrogen-bond donors (Lipinski definition) is 1. The number of likely N-dealkylation sites (tertiary alicyclic amines) is 1. The van der Waals surface area contributed by atoms with Gasteiger partial charge in [-0.05, 0) is 56.7 Å². The van der Waals surface area contributed by atoms with E-state index in [0.29, 0.717) is 5.92 Å². The summed E-state index contributed by atoms with van der Waals surface area (Å²) in [5.74, 6) is 1.43. The molecule has 118 valence electrons. The molecule has 1 fully saturated rings. The molecule has 1 heterocycles. The van der Waals surface area contributed by atoms with E-state index < -0.39 is 0 Å². The van der Waals surface area contributed by atoms with Crippen molar-refractivity contribution in [2.75, 3.05) is 19.6 Å². The highest BCUT2D eigenvalue weighted by Gasteiger charge is 2.18. The van der Waals surface area contributed by atoms with Crippen molar-refractivity contribution in [1.29, 1.82) is 0 Å². The van der Waals surface area contributed by atoms with E-state index in [1.54, 1.807) is 0 Å². The molecule has 2 heteroatoms. The maximum Gasteiger partial charge on any atom is 0.0233 e. The van der Waals surface area contributed by atoms with Crippen molar-refractivity contribution < 1.29 is 0 Å². The summed E-state index contributed by atoms with van der Waals surface area (Å²) < 4.78 is 0. The van der Waals surface area contributed by atoms with Crippen LogP contribution in [0.2, 0.25) is 0 Å². The SMILES string of the molecule is CC1CCN(Cc2ccc(C(C)CNC(C)(C)C)cc2)C1. The van der Waals surface area contributed by atoms with Crippen molar-refractivity contribution in [3.63, 3.8) is 0 Å². The third-order valence-electron chi connectivity index (χ3n) is 4.40. The van der Waals surface area contributed by atoms with Crippen molar-refractivity contribution in [2.24, 2.45) is 5.92 Å². The molecule has 1 aliphatic heterocycles. The maximum absolute atomic E-state index is 3.59. The van der Waals surface area contributed by atoms with Gasteiger partial charge in [0.25, 0.3) is 0 Å². The van der Waals surface area contributed by atoms with Crippen LogP contribution in [0.5, 0.6) is 0 Å². The summed E-state index contributed by atoms with van der Waals surface area (Å²) in [7, 11) is 0. The van der Waals surface area contributed by atoms with Crippen molar-refractivity contribution in [3.8, 4) is 0 Å². The van der Waals surface area contributed by atoms with Gasteiger partial charge in [0.05, 0.1) is 0 Å². The average molecular weight is 288 g/mol. The molecule has 0 radical (unpaired) electrons. The highest BCUT2D eigenvalue weighted by molar-refractivity contribution is 5.25. The van der Waals surface area contributed by atoms with Crippen LogP contribution in [0, 0.1) is 5.92 Å². The maximum atomic E-state index is 3.59. The molecule has 1 N–H and O–H groups in total. The summed E-state index contributed by atoms with van der Waals surface area (Å²) in [5, 5.41) is 3.59. The minimum absolute atomic E-state index is 0.195. The molecule has 0 aromatic heterocycles. The van der Waals surface area contributed by atoms with Crippen LogP contribution in [0.3, 0.4) is 0 Å².